The Hall–Kier alpha value is -3.58. The van der Waals surface area contributed by atoms with E-state index in [0.717, 1.165) is 21.0 Å². The lowest BCUT2D eigenvalue weighted by Gasteiger charge is -2.13. The van der Waals surface area contributed by atoms with Crippen LogP contribution >= 0.6 is 11.3 Å². The molecule has 1 aliphatic heterocycles. The van der Waals surface area contributed by atoms with Gasteiger partial charge in [-0.25, -0.2) is 0 Å². The number of hydrogen-bond acceptors (Lipinski definition) is 4. The molecule has 5 rings (SSSR count). The van der Waals surface area contributed by atoms with Crippen LogP contribution < -0.4 is 9.70 Å². The largest absolute Gasteiger partial charge is 0.317 e. The van der Waals surface area contributed by atoms with Crippen LogP contribution in [-0.4, -0.2) is 22.3 Å². The molecule has 1 fully saturated rings. The summed E-state index contributed by atoms with van der Waals surface area (Å²) in [6, 6.07) is 18.8. The van der Waals surface area contributed by atoms with E-state index in [2.05, 4.69) is 29.3 Å². The molecule has 1 aromatic heterocycles. The highest BCUT2D eigenvalue weighted by atomic mass is 32.1. The fourth-order valence-corrected chi connectivity index (χ4v) is 5.19. The number of carbonyl (C=O) groups is 3. The second kappa shape index (κ2) is 7.59. The third-order valence-electron chi connectivity index (χ3n) is 5.51. The molecule has 0 saturated carbocycles. The number of nitrogens with zero attached hydrogens (tertiary/aromatic N) is 3. The van der Waals surface area contributed by atoms with Gasteiger partial charge in [-0.05, 0) is 42.6 Å². The number of imide groups is 1. The number of hydrogen-bond donors (Lipinski definition) is 0. The molecule has 0 spiro atoms. The van der Waals surface area contributed by atoms with Gasteiger partial charge in [0.2, 0.25) is 11.8 Å². The minimum absolute atomic E-state index is 0.213. The van der Waals surface area contributed by atoms with E-state index in [1.54, 1.807) is 24.3 Å². The molecule has 0 unspecified atom stereocenters. The van der Waals surface area contributed by atoms with Gasteiger partial charge in [0.25, 0.3) is 5.91 Å². The van der Waals surface area contributed by atoms with Crippen molar-refractivity contribution < 1.29 is 14.4 Å². The quantitative estimate of drug-likeness (QED) is 0.457. The molecular weight excluding hydrogens is 410 g/mol. The number of carbonyl (C=O) groups excluding carboxylic acids is 3. The van der Waals surface area contributed by atoms with Crippen molar-refractivity contribution in [1.82, 2.24) is 4.57 Å². The monoisotopic (exact) mass is 429 g/mol. The summed E-state index contributed by atoms with van der Waals surface area (Å²) < 4.78 is 3.15. The van der Waals surface area contributed by atoms with Gasteiger partial charge in [0.1, 0.15) is 0 Å². The highest BCUT2D eigenvalue weighted by molar-refractivity contribution is 7.17. The zero-order valence-corrected chi connectivity index (χ0v) is 17.7. The van der Waals surface area contributed by atoms with E-state index in [0.29, 0.717) is 22.6 Å². The van der Waals surface area contributed by atoms with Crippen LogP contribution in [0, 0.1) is 0 Å². The Morgan fingerprint density at radius 3 is 2.39 bits per heavy atom. The smallest absolute Gasteiger partial charge is 0.279 e. The zero-order chi connectivity index (χ0) is 21.5. The minimum atomic E-state index is -0.358. The third kappa shape index (κ3) is 3.27. The first-order valence-electron chi connectivity index (χ1n) is 10.1. The van der Waals surface area contributed by atoms with Crippen molar-refractivity contribution in [3.63, 3.8) is 0 Å². The predicted octanol–water partition coefficient (Wildman–Crippen LogP) is 4.27. The highest BCUT2D eigenvalue weighted by Crippen LogP contribution is 2.28. The number of thiazole rings is 1. The van der Waals surface area contributed by atoms with Crippen molar-refractivity contribution in [2.45, 2.75) is 26.3 Å². The van der Waals surface area contributed by atoms with Crippen LogP contribution in [0.4, 0.5) is 5.69 Å². The van der Waals surface area contributed by atoms with Crippen molar-refractivity contribution in [3.05, 3.63) is 71.0 Å². The average Bonchev–Trinajstić information content (AvgIpc) is 3.32. The number of benzene rings is 3. The Kier molecular flexibility index (Phi) is 4.75. The number of aryl methyl sites for hydroxylation is 1. The summed E-state index contributed by atoms with van der Waals surface area (Å²) in [7, 11) is 0. The van der Waals surface area contributed by atoms with E-state index in [-0.39, 0.29) is 30.6 Å². The first kappa shape index (κ1) is 19.4. The number of aromatic nitrogens is 1. The first-order valence-corrected chi connectivity index (χ1v) is 10.9. The molecule has 0 bridgehead atoms. The lowest BCUT2D eigenvalue weighted by molar-refractivity contribution is -0.121. The summed E-state index contributed by atoms with van der Waals surface area (Å²) in [4.78, 5) is 42.9. The summed E-state index contributed by atoms with van der Waals surface area (Å²) in [6.07, 6.45) is 0.457. The SMILES string of the molecule is CCn1c(=NC(=O)c2ccc(N3C(=O)CCC3=O)cc2)sc2c3ccccc3ccc21. The Bertz CT molecular complexity index is 1410. The maximum Gasteiger partial charge on any atom is 0.279 e. The van der Waals surface area contributed by atoms with Crippen LogP contribution in [0.2, 0.25) is 0 Å². The van der Waals surface area contributed by atoms with Crippen LogP contribution in [0.3, 0.4) is 0 Å². The molecule has 3 amide bonds. The van der Waals surface area contributed by atoms with Gasteiger partial charge < -0.3 is 4.57 Å². The van der Waals surface area contributed by atoms with Gasteiger partial charge in [0.05, 0.1) is 15.9 Å². The van der Waals surface area contributed by atoms with Gasteiger partial charge in [-0.2, -0.15) is 4.99 Å². The molecule has 154 valence electrons. The Morgan fingerprint density at radius 2 is 1.68 bits per heavy atom. The zero-order valence-electron chi connectivity index (χ0n) is 16.9. The van der Waals surface area contributed by atoms with Crippen molar-refractivity contribution in [1.29, 1.82) is 0 Å². The van der Waals surface area contributed by atoms with E-state index in [4.69, 9.17) is 0 Å². The summed E-state index contributed by atoms with van der Waals surface area (Å²) >= 11 is 1.50. The maximum atomic E-state index is 12.9. The molecule has 0 radical (unpaired) electrons. The van der Waals surface area contributed by atoms with Crippen molar-refractivity contribution in [3.8, 4) is 0 Å². The predicted molar refractivity (Wildman–Crippen MR) is 121 cm³/mol. The van der Waals surface area contributed by atoms with E-state index in [9.17, 15) is 14.4 Å². The number of amides is 3. The number of anilines is 1. The Labute approximate surface area is 182 Å². The summed E-state index contributed by atoms with van der Waals surface area (Å²) in [5.41, 5.74) is 1.95. The second-order valence-electron chi connectivity index (χ2n) is 7.35. The normalized spacial score (nSPS) is 14.9. The van der Waals surface area contributed by atoms with E-state index >= 15 is 0 Å². The van der Waals surface area contributed by atoms with Crippen LogP contribution in [0.15, 0.2) is 65.7 Å². The molecule has 2 heterocycles. The Balaban J connectivity index is 1.54. The lowest BCUT2D eigenvalue weighted by Crippen LogP contribution is -2.28. The second-order valence-corrected chi connectivity index (χ2v) is 8.33. The van der Waals surface area contributed by atoms with Gasteiger partial charge in [0.15, 0.2) is 4.80 Å². The van der Waals surface area contributed by atoms with Crippen LogP contribution in [0.5, 0.6) is 0 Å². The molecule has 0 N–H and O–H groups in total. The van der Waals surface area contributed by atoms with Crippen LogP contribution in [0.1, 0.15) is 30.1 Å². The van der Waals surface area contributed by atoms with Crippen molar-refractivity contribution in [2.75, 3.05) is 4.90 Å². The molecule has 0 aliphatic carbocycles. The fraction of sp³-hybridized carbons (Fsp3) is 0.167. The average molecular weight is 430 g/mol. The molecule has 31 heavy (non-hydrogen) atoms. The lowest BCUT2D eigenvalue weighted by atomic mass is 10.1. The van der Waals surface area contributed by atoms with E-state index < -0.39 is 0 Å². The molecule has 4 aromatic rings. The maximum absolute atomic E-state index is 12.9. The number of fused-ring (bicyclic) bond motifs is 3. The summed E-state index contributed by atoms with van der Waals surface area (Å²) in [6.45, 7) is 2.73. The standard InChI is InChI=1S/C24H19N3O3S/c1-2-26-19-12-9-15-5-3-4-6-18(15)22(19)31-24(26)25-23(30)16-7-10-17(11-8-16)27-20(28)13-14-21(27)29/h3-12H,2,13-14H2,1H3. The molecule has 1 aliphatic rings. The van der Waals surface area contributed by atoms with Gasteiger partial charge >= 0.3 is 0 Å². The van der Waals surface area contributed by atoms with Crippen LogP contribution in [0.25, 0.3) is 21.0 Å². The topological polar surface area (TPSA) is 71.7 Å². The fourth-order valence-electron chi connectivity index (χ4n) is 3.96. The van der Waals surface area contributed by atoms with Gasteiger partial charge in [-0.15, -0.1) is 0 Å². The van der Waals surface area contributed by atoms with E-state index in [1.165, 1.54) is 16.2 Å². The van der Waals surface area contributed by atoms with Crippen molar-refractivity contribution in [2.24, 2.45) is 4.99 Å². The molecule has 6 nitrogen and oxygen atoms in total. The summed E-state index contributed by atoms with van der Waals surface area (Å²) in [5.74, 6) is -0.783. The first-order chi connectivity index (χ1) is 15.1. The number of rotatable bonds is 3. The molecule has 0 atom stereocenters. The van der Waals surface area contributed by atoms with Crippen LogP contribution in [-0.2, 0) is 16.1 Å². The Morgan fingerprint density at radius 1 is 0.968 bits per heavy atom. The molecule has 7 heteroatoms. The summed E-state index contributed by atoms with van der Waals surface area (Å²) in [5, 5.41) is 2.30. The highest BCUT2D eigenvalue weighted by Gasteiger charge is 2.30. The minimum Gasteiger partial charge on any atom is -0.317 e. The van der Waals surface area contributed by atoms with E-state index in [1.807, 2.05) is 23.6 Å². The van der Waals surface area contributed by atoms with Gasteiger partial charge in [-0.3, -0.25) is 19.3 Å². The molecule has 3 aromatic carbocycles. The van der Waals surface area contributed by atoms with Gasteiger partial charge in [0, 0.05) is 30.3 Å². The third-order valence-corrected chi connectivity index (χ3v) is 6.64. The van der Waals surface area contributed by atoms with Crippen molar-refractivity contribution >= 4 is 55.7 Å². The van der Waals surface area contributed by atoms with Gasteiger partial charge in [-0.1, -0.05) is 41.7 Å². The molecule has 1 saturated heterocycles. The molecular formula is C24H19N3O3S.